The van der Waals surface area contributed by atoms with Crippen LogP contribution in [0.5, 0.6) is 0 Å². The lowest BCUT2D eigenvalue weighted by molar-refractivity contribution is -0.193. The van der Waals surface area contributed by atoms with E-state index in [1.165, 1.54) is 128 Å². The first kappa shape index (κ1) is 57.0. The molecule has 0 bridgehead atoms. The van der Waals surface area contributed by atoms with E-state index in [1.807, 2.05) is 36.4 Å². The molecule has 0 amide bonds. The highest BCUT2D eigenvalue weighted by atomic mass is 16.5. The maximum Gasteiger partial charge on any atom is 0.0722 e. The average Bonchev–Trinajstić information content (AvgIpc) is 3.93. The molecule has 10 rings (SSSR count). The van der Waals surface area contributed by atoms with Crippen LogP contribution in [0, 0.1) is 109 Å². The van der Waals surface area contributed by atoms with E-state index in [9.17, 15) is 0 Å². The summed E-state index contributed by atoms with van der Waals surface area (Å²) in [5.41, 5.74) is 31.7. The molecule has 0 spiro atoms. The van der Waals surface area contributed by atoms with Gasteiger partial charge >= 0.3 is 0 Å². The molecule has 0 aliphatic heterocycles. The number of nitrogen functional groups attached to an aromatic ring is 4. The zero-order valence-electron chi connectivity index (χ0n) is 50.1. The molecule has 0 aromatic heterocycles. The summed E-state index contributed by atoms with van der Waals surface area (Å²) in [6.07, 6.45) is 30.5. The number of rotatable bonds is 14. The van der Waals surface area contributed by atoms with E-state index < -0.39 is 0 Å². The highest BCUT2D eigenvalue weighted by Gasteiger charge is 2.65. The van der Waals surface area contributed by atoms with Crippen molar-refractivity contribution in [1.29, 1.82) is 0 Å². The summed E-state index contributed by atoms with van der Waals surface area (Å²) in [4.78, 5) is 0. The first-order chi connectivity index (χ1) is 35.4. The third-order valence-corrected chi connectivity index (χ3v) is 25.6. The van der Waals surface area contributed by atoms with Crippen molar-refractivity contribution in [3.8, 4) is 0 Å². The van der Waals surface area contributed by atoms with Gasteiger partial charge in [0.1, 0.15) is 0 Å². The van der Waals surface area contributed by atoms with Gasteiger partial charge in [0.2, 0.25) is 0 Å². The number of ether oxygens (including phenoxy) is 2. The van der Waals surface area contributed by atoms with Crippen molar-refractivity contribution in [2.75, 3.05) is 22.9 Å². The fraction of sp³-hybridized carbons (Fsp3) is 0.797. The normalized spacial score (nSPS) is 41.1. The van der Waals surface area contributed by atoms with E-state index in [1.54, 1.807) is 0 Å². The van der Waals surface area contributed by atoms with Crippen LogP contribution in [0.3, 0.4) is 0 Å². The van der Waals surface area contributed by atoms with Crippen LogP contribution in [0.1, 0.15) is 223 Å². The Morgan fingerprint density at radius 2 is 0.867 bits per heavy atom. The molecular formula is C69H112N4O2. The predicted molar refractivity (Wildman–Crippen MR) is 318 cm³/mol. The predicted octanol–water partition coefficient (Wildman–Crippen LogP) is 17.7. The van der Waals surface area contributed by atoms with Gasteiger partial charge < -0.3 is 32.4 Å². The Bertz CT molecular complexity index is 2250. The number of benzene rings is 2. The minimum Gasteiger partial charge on any atom is -0.399 e. The van der Waals surface area contributed by atoms with Crippen LogP contribution < -0.4 is 22.9 Å². The molecule has 8 N–H and O–H groups in total. The summed E-state index contributed by atoms with van der Waals surface area (Å²) in [5.74, 6) is 11.4. The molecule has 2 aromatic carbocycles. The first-order valence-electron chi connectivity index (χ1n) is 31.5. The molecular weight excluding hydrogens is 917 g/mol. The lowest BCUT2D eigenvalue weighted by Gasteiger charge is -2.65. The lowest BCUT2D eigenvalue weighted by Crippen LogP contribution is -2.59. The third kappa shape index (κ3) is 10.5. The first-order valence-corrected chi connectivity index (χ1v) is 31.5. The zero-order chi connectivity index (χ0) is 54.0. The van der Waals surface area contributed by atoms with E-state index in [4.69, 9.17) is 32.4 Å². The summed E-state index contributed by atoms with van der Waals surface area (Å²) >= 11 is 0. The standard InChI is InChI=1S/C36H60N2O.C33H52N2O/c1-23(2)9-8-10-24(3)29-12-13-30-28-11-14-32-34(4,5)33(39-22-25-19-26(37)21-27(38)20-25)16-18-36(32,7)31(28)15-17-35(29,30)6;1-7-8-21(2)26-10-11-27-25-9-12-29-31(3,4)30(36-20-22-17-23(34)19-24(35)18-22)14-16-33(29,6)28(25)13-15-32(26,27)5/h19-21,23-24,28-33H,8-18,22,37-38H2,1-7H3;7,17-19,21,25-30H,1,8-16,20,34-35H2,2-6H3/t24-,28+,29-,30+,31+,32?,33?,35-,36-;21-,25+,26-,27+,28+,29?,30?,32-,33-/m11/s1. The molecule has 0 saturated heterocycles. The van der Waals surface area contributed by atoms with Crippen molar-refractivity contribution in [1.82, 2.24) is 0 Å². The monoisotopic (exact) mass is 1030 g/mol. The summed E-state index contributed by atoms with van der Waals surface area (Å²) in [7, 11) is 0. The van der Waals surface area contributed by atoms with Gasteiger partial charge in [-0.3, -0.25) is 0 Å². The van der Waals surface area contributed by atoms with Crippen molar-refractivity contribution in [3.05, 3.63) is 60.2 Å². The summed E-state index contributed by atoms with van der Waals surface area (Å²) in [6, 6.07) is 11.7. The van der Waals surface area contributed by atoms with Crippen LogP contribution >= 0.6 is 0 Å². The van der Waals surface area contributed by atoms with Gasteiger partial charge in [0.05, 0.1) is 25.4 Å². The van der Waals surface area contributed by atoms with Gasteiger partial charge in [-0.15, -0.1) is 6.58 Å². The number of hydrogen-bond acceptors (Lipinski definition) is 6. The summed E-state index contributed by atoms with van der Waals surface area (Å²) in [6.45, 7) is 36.0. The van der Waals surface area contributed by atoms with Gasteiger partial charge in [0.25, 0.3) is 0 Å². The molecule has 420 valence electrons. The Morgan fingerprint density at radius 1 is 0.480 bits per heavy atom. The van der Waals surface area contributed by atoms with E-state index in [-0.39, 0.29) is 10.8 Å². The molecule has 6 nitrogen and oxygen atoms in total. The minimum atomic E-state index is 0.182. The van der Waals surface area contributed by atoms with E-state index in [0.717, 1.165) is 111 Å². The maximum atomic E-state index is 6.69. The van der Waals surface area contributed by atoms with Crippen LogP contribution in [-0.4, -0.2) is 12.2 Å². The van der Waals surface area contributed by atoms with E-state index >= 15 is 0 Å². The SMILES string of the molecule is C=CC[C@@H](C)[C@H]1CC[C@H]2[C@@H]3CCC4C(C)(C)C(OCc5cc(N)cc(N)c5)CC[C@]4(C)[C@H]3CC[C@]12C.CC(C)CCC[C@@H](C)[C@H]1CC[C@H]2[C@@H]3CCC4C(C)(C)C(OCc5cc(N)cc(N)c5)CC[C@]4(C)[C@H]3CC[C@]12C. The second-order valence-electron chi connectivity index (χ2n) is 30.6. The Kier molecular flexibility index (Phi) is 16.5. The lowest BCUT2D eigenvalue weighted by atomic mass is 9.41. The zero-order valence-corrected chi connectivity index (χ0v) is 50.1. The second-order valence-corrected chi connectivity index (χ2v) is 30.6. The molecule has 2 aromatic rings. The molecule has 0 radical (unpaired) electrons. The second kappa shape index (κ2) is 21.7. The van der Waals surface area contributed by atoms with Gasteiger partial charge in [0.15, 0.2) is 0 Å². The molecule has 8 aliphatic carbocycles. The molecule has 18 atom stereocenters. The van der Waals surface area contributed by atoms with Gasteiger partial charge in [-0.25, -0.2) is 0 Å². The fourth-order valence-electron chi connectivity index (χ4n) is 22.2. The summed E-state index contributed by atoms with van der Waals surface area (Å²) < 4.78 is 13.3. The molecule has 6 heteroatoms. The van der Waals surface area contributed by atoms with Gasteiger partial charge in [-0.1, -0.05) is 108 Å². The van der Waals surface area contributed by atoms with Crippen LogP contribution in [0.15, 0.2) is 49.1 Å². The van der Waals surface area contributed by atoms with Crippen molar-refractivity contribution in [2.45, 2.75) is 237 Å². The number of nitrogens with two attached hydrogens (primary N) is 4. The average molecular weight is 1030 g/mol. The smallest absolute Gasteiger partial charge is 0.0722 e. The molecule has 8 aliphatic rings. The van der Waals surface area contributed by atoms with Gasteiger partial charge in [0, 0.05) is 22.7 Å². The Morgan fingerprint density at radius 3 is 1.27 bits per heavy atom. The van der Waals surface area contributed by atoms with Crippen molar-refractivity contribution in [2.24, 2.45) is 109 Å². The van der Waals surface area contributed by atoms with Crippen LogP contribution in [0.4, 0.5) is 22.7 Å². The highest BCUT2D eigenvalue weighted by Crippen LogP contribution is 2.72. The number of anilines is 4. The third-order valence-electron chi connectivity index (χ3n) is 25.6. The number of hydrogen-bond donors (Lipinski definition) is 4. The number of fused-ring (bicyclic) bond motifs is 10. The topological polar surface area (TPSA) is 123 Å². The van der Waals surface area contributed by atoms with Crippen LogP contribution in [0.25, 0.3) is 0 Å². The fourth-order valence-corrected chi connectivity index (χ4v) is 22.2. The molecule has 8 saturated carbocycles. The van der Waals surface area contributed by atoms with Crippen LogP contribution in [0.2, 0.25) is 0 Å². The van der Waals surface area contributed by atoms with E-state index in [2.05, 4.69) is 95.7 Å². The Hall–Kier alpha value is -2.70. The van der Waals surface area contributed by atoms with Crippen molar-refractivity contribution >= 4 is 22.7 Å². The molecule has 4 unspecified atom stereocenters. The summed E-state index contributed by atoms with van der Waals surface area (Å²) in [5, 5.41) is 0. The van der Waals surface area contributed by atoms with Gasteiger partial charge in [-0.05, 0) is 266 Å². The molecule has 0 heterocycles. The molecule has 8 fully saturated rings. The van der Waals surface area contributed by atoms with Crippen LogP contribution in [-0.2, 0) is 22.7 Å². The minimum absolute atomic E-state index is 0.182. The Balaban J connectivity index is 0.000000184. The molecule has 75 heavy (non-hydrogen) atoms. The van der Waals surface area contributed by atoms with E-state index in [0.29, 0.717) is 47.1 Å². The van der Waals surface area contributed by atoms with Gasteiger partial charge in [-0.2, -0.15) is 0 Å². The maximum absolute atomic E-state index is 6.69. The number of allylic oxidation sites excluding steroid dienone is 1. The largest absolute Gasteiger partial charge is 0.399 e. The quantitative estimate of drug-likeness (QED) is 0.110. The Labute approximate surface area is 459 Å². The van der Waals surface area contributed by atoms with Crippen molar-refractivity contribution in [3.63, 3.8) is 0 Å². The van der Waals surface area contributed by atoms with Crippen molar-refractivity contribution < 1.29 is 9.47 Å². The highest BCUT2D eigenvalue weighted by molar-refractivity contribution is 5.55.